The van der Waals surface area contributed by atoms with Crippen LogP contribution in [0.3, 0.4) is 0 Å². The van der Waals surface area contributed by atoms with Crippen LogP contribution in [0.5, 0.6) is 0 Å². The maximum Gasteiger partial charge on any atom is 0.338 e. The van der Waals surface area contributed by atoms with Gasteiger partial charge in [-0.15, -0.1) is 0 Å². The van der Waals surface area contributed by atoms with Crippen molar-refractivity contribution in [1.82, 2.24) is 4.31 Å². The van der Waals surface area contributed by atoms with E-state index >= 15 is 0 Å². The van der Waals surface area contributed by atoms with E-state index in [0.29, 0.717) is 13.2 Å². The molecule has 2 saturated heterocycles. The van der Waals surface area contributed by atoms with Crippen LogP contribution >= 0.6 is 0 Å². The van der Waals surface area contributed by atoms with Gasteiger partial charge in [0, 0.05) is 12.6 Å². The molecule has 0 aromatic carbocycles. The molecule has 0 N–H and O–H groups in total. The highest BCUT2D eigenvalue weighted by Crippen LogP contribution is 2.30. The third kappa shape index (κ3) is 0.941. The van der Waals surface area contributed by atoms with Crippen molar-refractivity contribution in [3.63, 3.8) is 0 Å². The lowest BCUT2D eigenvalue weighted by atomic mass is 10.2. The molecule has 0 amide bonds. The molecular formula is C5H9NO3S. The topological polar surface area (TPSA) is 46.4 Å². The van der Waals surface area contributed by atoms with Crippen molar-refractivity contribution in [2.75, 3.05) is 13.2 Å². The van der Waals surface area contributed by atoms with Gasteiger partial charge in [0.2, 0.25) is 0 Å². The van der Waals surface area contributed by atoms with Crippen molar-refractivity contribution in [3.8, 4) is 0 Å². The van der Waals surface area contributed by atoms with Crippen LogP contribution in [0.15, 0.2) is 0 Å². The first-order chi connectivity index (χ1) is 4.70. The number of hydrogen-bond acceptors (Lipinski definition) is 3. The van der Waals surface area contributed by atoms with Gasteiger partial charge in [0.1, 0.15) is 0 Å². The average Bonchev–Trinajstić information content (AvgIpc) is 2.56. The summed E-state index contributed by atoms with van der Waals surface area (Å²) in [4.78, 5) is 0. The van der Waals surface area contributed by atoms with Gasteiger partial charge in [-0.25, -0.2) is 0 Å². The molecule has 0 aromatic heterocycles. The molecule has 1 unspecified atom stereocenters. The first-order valence-corrected chi connectivity index (χ1v) is 4.73. The van der Waals surface area contributed by atoms with Crippen LogP contribution in [0.2, 0.25) is 0 Å². The van der Waals surface area contributed by atoms with E-state index in [-0.39, 0.29) is 6.04 Å². The van der Waals surface area contributed by atoms with Gasteiger partial charge < -0.3 is 0 Å². The third-order valence-corrected chi connectivity index (χ3v) is 3.35. The van der Waals surface area contributed by atoms with E-state index < -0.39 is 10.3 Å². The zero-order valence-corrected chi connectivity index (χ0v) is 6.30. The number of rotatable bonds is 0. The van der Waals surface area contributed by atoms with Gasteiger partial charge in [0.05, 0.1) is 6.61 Å². The molecule has 2 aliphatic rings. The lowest BCUT2D eigenvalue weighted by molar-refractivity contribution is 0.306. The fourth-order valence-corrected chi connectivity index (χ4v) is 2.51. The average molecular weight is 163 g/mol. The summed E-state index contributed by atoms with van der Waals surface area (Å²) in [6, 6.07) is 0.257. The molecule has 4 nitrogen and oxygen atoms in total. The highest BCUT2D eigenvalue weighted by Gasteiger charge is 2.45. The molecule has 2 fully saturated rings. The zero-order valence-electron chi connectivity index (χ0n) is 5.49. The summed E-state index contributed by atoms with van der Waals surface area (Å²) in [6.07, 6.45) is 1.82. The molecular weight excluding hydrogens is 154 g/mol. The van der Waals surface area contributed by atoms with E-state index in [9.17, 15) is 8.42 Å². The first-order valence-electron chi connectivity index (χ1n) is 3.36. The first kappa shape index (κ1) is 6.57. The Labute approximate surface area is 60.0 Å². The lowest BCUT2D eigenvalue weighted by Gasteiger charge is -1.99. The summed E-state index contributed by atoms with van der Waals surface area (Å²) in [5.41, 5.74) is 0. The van der Waals surface area contributed by atoms with E-state index in [1.807, 2.05) is 0 Å². The Morgan fingerprint density at radius 1 is 1.50 bits per heavy atom. The fourth-order valence-electron chi connectivity index (χ4n) is 1.22. The van der Waals surface area contributed by atoms with Crippen molar-refractivity contribution in [2.45, 2.75) is 18.9 Å². The molecule has 0 spiro atoms. The molecule has 2 atom stereocenters. The van der Waals surface area contributed by atoms with Crippen LogP contribution in [-0.4, -0.2) is 31.9 Å². The Hall–Kier alpha value is -0.130. The van der Waals surface area contributed by atoms with Crippen LogP contribution in [0.4, 0.5) is 0 Å². The minimum atomic E-state index is -3.29. The second kappa shape index (κ2) is 1.93. The molecule has 10 heavy (non-hydrogen) atoms. The predicted molar refractivity (Wildman–Crippen MR) is 34.6 cm³/mol. The van der Waals surface area contributed by atoms with Crippen LogP contribution in [-0.2, 0) is 14.5 Å². The van der Waals surface area contributed by atoms with Gasteiger partial charge in [-0.05, 0) is 12.8 Å². The highest BCUT2D eigenvalue weighted by molar-refractivity contribution is 7.84. The molecule has 0 saturated carbocycles. The summed E-state index contributed by atoms with van der Waals surface area (Å²) in [5, 5.41) is 0. The minimum Gasteiger partial charge on any atom is -0.258 e. The molecule has 2 aliphatic heterocycles. The highest BCUT2D eigenvalue weighted by atomic mass is 32.2. The second-order valence-electron chi connectivity index (χ2n) is 2.65. The number of fused-ring (bicyclic) bond motifs is 1. The maximum absolute atomic E-state index is 10.9. The normalized spacial score (nSPS) is 43.6. The molecule has 0 bridgehead atoms. The minimum absolute atomic E-state index is 0.257. The van der Waals surface area contributed by atoms with E-state index in [1.54, 1.807) is 0 Å². The lowest BCUT2D eigenvalue weighted by Crippen LogP contribution is -2.14. The van der Waals surface area contributed by atoms with Crippen molar-refractivity contribution in [3.05, 3.63) is 0 Å². The molecule has 2 heterocycles. The molecule has 2 rings (SSSR count). The van der Waals surface area contributed by atoms with Crippen molar-refractivity contribution in [1.29, 1.82) is 0 Å². The van der Waals surface area contributed by atoms with Gasteiger partial charge in [0.25, 0.3) is 0 Å². The van der Waals surface area contributed by atoms with Gasteiger partial charge >= 0.3 is 10.3 Å². The molecule has 0 radical (unpaired) electrons. The quantitative estimate of drug-likeness (QED) is 0.462. The van der Waals surface area contributed by atoms with Gasteiger partial charge in [-0.3, -0.25) is 4.18 Å². The van der Waals surface area contributed by atoms with Crippen molar-refractivity contribution >= 4 is 10.3 Å². The van der Waals surface area contributed by atoms with Gasteiger partial charge in [-0.1, -0.05) is 0 Å². The Kier molecular flexibility index (Phi) is 1.27. The third-order valence-electron chi connectivity index (χ3n) is 1.87. The Morgan fingerprint density at radius 2 is 2.30 bits per heavy atom. The van der Waals surface area contributed by atoms with Crippen molar-refractivity contribution in [2.24, 2.45) is 0 Å². The smallest absolute Gasteiger partial charge is 0.258 e. The Balaban J connectivity index is 2.22. The molecule has 0 aliphatic carbocycles. The maximum atomic E-state index is 10.9. The van der Waals surface area contributed by atoms with Gasteiger partial charge in [-0.2, -0.15) is 12.7 Å². The van der Waals surface area contributed by atoms with Crippen molar-refractivity contribution < 1.29 is 12.6 Å². The standard InChI is InChI=1S/C5H9NO3S/c7-10(8)6-4-5(6)2-1-3-9-10/h5H,1-4H2/t5-,6?/m0/s1. The largest absolute Gasteiger partial charge is 0.338 e. The summed E-state index contributed by atoms with van der Waals surface area (Å²) in [6.45, 7) is 1.03. The van der Waals surface area contributed by atoms with E-state index in [4.69, 9.17) is 0 Å². The fraction of sp³-hybridized carbons (Fsp3) is 1.00. The predicted octanol–water partition coefficient (Wildman–Crippen LogP) is -0.274. The number of hydrogen-bond donors (Lipinski definition) is 0. The summed E-state index contributed by atoms with van der Waals surface area (Å²) in [5.74, 6) is 0. The van der Waals surface area contributed by atoms with E-state index in [1.165, 1.54) is 4.31 Å². The Morgan fingerprint density at radius 3 is 3.10 bits per heavy atom. The summed E-state index contributed by atoms with van der Waals surface area (Å²) < 4.78 is 27.9. The second-order valence-corrected chi connectivity index (χ2v) is 4.21. The summed E-state index contributed by atoms with van der Waals surface area (Å²) >= 11 is 0. The monoisotopic (exact) mass is 163 g/mol. The van der Waals surface area contributed by atoms with Crippen LogP contribution in [0.1, 0.15) is 12.8 Å². The number of nitrogens with zero attached hydrogens (tertiary/aromatic N) is 1. The molecule has 0 aromatic rings. The van der Waals surface area contributed by atoms with Crippen LogP contribution in [0, 0.1) is 0 Å². The van der Waals surface area contributed by atoms with Gasteiger partial charge in [0.15, 0.2) is 0 Å². The molecule has 5 heteroatoms. The SMILES string of the molecule is O=S1(=O)OCCC[C@H]2CN21. The van der Waals surface area contributed by atoms with Crippen LogP contribution in [0.25, 0.3) is 0 Å². The zero-order chi connectivity index (χ0) is 7.19. The van der Waals surface area contributed by atoms with E-state index in [0.717, 1.165) is 12.8 Å². The Bertz CT molecular complexity index is 235. The van der Waals surface area contributed by atoms with Crippen LogP contribution < -0.4 is 0 Å². The molecule has 58 valence electrons. The van der Waals surface area contributed by atoms with E-state index in [2.05, 4.69) is 4.18 Å². The summed E-state index contributed by atoms with van der Waals surface area (Å²) in [7, 11) is -3.29.